The van der Waals surface area contributed by atoms with Gasteiger partial charge in [-0.1, -0.05) is 0 Å². The number of aryl methyl sites for hydroxylation is 1. The Morgan fingerprint density at radius 3 is 2.76 bits per heavy atom. The standard InChI is InChI=1S/C17H22FN3/c1-2-21-16-10-12(18)3-6-15(16)20-17(21)9-11-7-13-4-5-14(8-11)19-13/h3,6,10-11,13-14,19H,2,4-5,7-9H2,1H3. The van der Waals surface area contributed by atoms with Crippen LogP contribution in [0.4, 0.5) is 4.39 Å². The first-order valence-electron chi connectivity index (χ1n) is 8.13. The summed E-state index contributed by atoms with van der Waals surface area (Å²) in [4.78, 5) is 4.77. The quantitative estimate of drug-likeness (QED) is 0.939. The molecule has 0 radical (unpaired) electrons. The lowest BCUT2D eigenvalue weighted by Crippen LogP contribution is -2.38. The van der Waals surface area contributed by atoms with E-state index >= 15 is 0 Å². The predicted molar refractivity (Wildman–Crippen MR) is 81.7 cm³/mol. The Bertz CT molecular complexity index is 651. The van der Waals surface area contributed by atoms with E-state index in [1.807, 2.05) is 0 Å². The van der Waals surface area contributed by atoms with Gasteiger partial charge < -0.3 is 9.88 Å². The third-order valence-corrected chi connectivity index (χ3v) is 5.15. The molecule has 112 valence electrons. The Hall–Kier alpha value is -1.42. The summed E-state index contributed by atoms with van der Waals surface area (Å²) >= 11 is 0. The maximum atomic E-state index is 13.5. The van der Waals surface area contributed by atoms with E-state index in [0.717, 1.165) is 35.7 Å². The molecule has 3 nitrogen and oxygen atoms in total. The second kappa shape index (κ2) is 5.09. The molecule has 1 aromatic heterocycles. The molecule has 0 amide bonds. The lowest BCUT2D eigenvalue weighted by molar-refractivity contribution is 0.293. The molecule has 2 fully saturated rings. The molecule has 21 heavy (non-hydrogen) atoms. The molecule has 2 saturated heterocycles. The SMILES string of the molecule is CCn1c(CC2CC3CCC(C2)N3)nc2ccc(F)cc21. The molecule has 3 heterocycles. The lowest BCUT2D eigenvalue weighted by atomic mass is 9.89. The van der Waals surface area contributed by atoms with Gasteiger partial charge in [0.15, 0.2) is 0 Å². The molecule has 2 aliphatic heterocycles. The zero-order chi connectivity index (χ0) is 14.4. The fourth-order valence-electron chi connectivity index (χ4n) is 4.25. The number of aromatic nitrogens is 2. The van der Waals surface area contributed by atoms with Crippen LogP contribution in [0.25, 0.3) is 11.0 Å². The summed E-state index contributed by atoms with van der Waals surface area (Å²) in [6, 6.07) is 6.34. The van der Waals surface area contributed by atoms with Gasteiger partial charge in [-0.15, -0.1) is 0 Å². The van der Waals surface area contributed by atoms with Crippen molar-refractivity contribution in [3.8, 4) is 0 Å². The van der Waals surface area contributed by atoms with E-state index in [0.29, 0.717) is 12.1 Å². The maximum Gasteiger partial charge on any atom is 0.125 e. The van der Waals surface area contributed by atoms with Crippen molar-refractivity contribution in [3.05, 3.63) is 29.8 Å². The Morgan fingerprint density at radius 2 is 2.05 bits per heavy atom. The van der Waals surface area contributed by atoms with Gasteiger partial charge in [0.1, 0.15) is 11.6 Å². The van der Waals surface area contributed by atoms with Crippen LogP contribution in [-0.2, 0) is 13.0 Å². The van der Waals surface area contributed by atoms with Crippen LogP contribution in [0, 0.1) is 11.7 Å². The fourth-order valence-corrected chi connectivity index (χ4v) is 4.25. The average Bonchev–Trinajstić information content (AvgIpc) is 2.98. The topological polar surface area (TPSA) is 29.9 Å². The summed E-state index contributed by atoms with van der Waals surface area (Å²) in [5.41, 5.74) is 1.86. The van der Waals surface area contributed by atoms with E-state index < -0.39 is 0 Å². The smallest absolute Gasteiger partial charge is 0.125 e. The maximum absolute atomic E-state index is 13.5. The number of nitrogens with zero attached hydrogens (tertiary/aromatic N) is 2. The van der Waals surface area contributed by atoms with E-state index in [2.05, 4.69) is 16.8 Å². The number of rotatable bonds is 3. The molecule has 1 N–H and O–H groups in total. The molecule has 2 bridgehead atoms. The van der Waals surface area contributed by atoms with Crippen molar-refractivity contribution < 1.29 is 4.39 Å². The Morgan fingerprint density at radius 1 is 1.29 bits per heavy atom. The minimum Gasteiger partial charge on any atom is -0.328 e. The van der Waals surface area contributed by atoms with Crippen molar-refractivity contribution in [2.75, 3.05) is 0 Å². The molecule has 2 unspecified atom stereocenters. The average molecular weight is 287 g/mol. The summed E-state index contributed by atoms with van der Waals surface area (Å²) < 4.78 is 15.7. The van der Waals surface area contributed by atoms with E-state index in [1.165, 1.54) is 31.7 Å². The Kier molecular flexibility index (Phi) is 3.21. The van der Waals surface area contributed by atoms with Crippen LogP contribution < -0.4 is 5.32 Å². The van der Waals surface area contributed by atoms with Gasteiger partial charge in [0.05, 0.1) is 11.0 Å². The van der Waals surface area contributed by atoms with Gasteiger partial charge in [-0.2, -0.15) is 0 Å². The highest BCUT2D eigenvalue weighted by Gasteiger charge is 2.34. The van der Waals surface area contributed by atoms with E-state index in [9.17, 15) is 4.39 Å². The molecule has 0 aliphatic carbocycles. The normalized spacial score (nSPS) is 28.4. The highest BCUT2D eigenvalue weighted by Crippen LogP contribution is 2.33. The van der Waals surface area contributed by atoms with Crippen LogP contribution >= 0.6 is 0 Å². The molecule has 0 spiro atoms. The highest BCUT2D eigenvalue weighted by atomic mass is 19.1. The summed E-state index contributed by atoms with van der Waals surface area (Å²) in [6.45, 7) is 2.97. The third kappa shape index (κ3) is 2.35. The predicted octanol–water partition coefficient (Wildman–Crippen LogP) is 3.27. The lowest BCUT2D eigenvalue weighted by Gasteiger charge is -2.29. The van der Waals surface area contributed by atoms with Crippen LogP contribution in [0.5, 0.6) is 0 Å². The number of hydrogen-bond donors (Lipinski definition) is 1. The van der Waals surface area contributed by atoms with Crippen LogP contribution in [-0.4, -0.2) is 21.6 Å². The summed E-state index contributed by atoms with van der Waals surface area (Å²) in [7, 11) is 0. The van der Waals surface area contributed by atoms with Crippen molar-refractivity contribution in [2.24, 2.45) is 5.92 Å². The van der Waals surface area contributed by atoms with Crippen LogP contribution in [0.15, 0.2) is 18.2 Å². The molecule has 4 heteroatoms. The minimum absolute atomic E-state index is 0.177. The fraction of sp³-hybridized carbons (Fsp3) is 0.588. The Balaban J connectivity index is 1.63. The number of piperidine rings is 1. The zero-order valence-corrected chi connectivity index (χ0v) is 12.5. The molecule has 4 rings (SSSR count). The molecule has 2 atom stereocenters. The highest BCUT2D eigenvalue weighted by molar-refractivity contribution is 5.76. The van der Waals surface area contributed by atoms with Gasteiger partial charge in [-0.25, -0.2) is 9.37 Å². The van der Waals surface area contributed by atoms with Crippen molar-refractivity contribution >= 4 is 11.0 Å². The molecular weight excluding hydrogens is 265 g/mol. The molecule has 2 aromatic rings. The Labute approximate surface area is 124 Å². The summed E-state index contributed by atoms with van der Waals surface area (Å²) in [6.07, 6.45) is 6.21. The van der Waals surface area contributed by atoms with Crippen LogP contribution in [0.2, 0.25) is 0 Å². The van der Waals surface area contributed by atoms with Crippen molar-refractivity contribution in [1.82, 2.24) is 14.9 Å². The van der Waals surface area contributed by atoms with Crippen LogP contribution in [0.1, 0.15) is 38.4 Å². The minimum atomic E-state index is -0.177. The first-order chi connectivity index (χ1) is 10.2. The largest absolute Gasteiger partial charge is 0.328 e. The number of hydrogen-bond acceptors (Lipinski definition) is 2. The number of nitrogens with one attached hydrogen (secondary N) is 1. The number of imidazole rings is 1. The van der Waals surface area contributed by atoms with Gasteiger partial charge in [-0.3, -0.25) is 0 Å². The van der Waals surface area contributed by atoms with Gasteiger partial charge in [-0.05, 0) is 56.7 Å². The zero-order valence-electron chi connectivity index (χ0n) is 12.5. The van der Waals surface area contributed by atoms with Crippen molar-refractivity contribution in [2.45, 2.75) is 57.7 Å². The number of halogens is 1. The second-order valence-electron chi connectivity index (χ2n) is 6.58. The first kappa shape index (κ1) is 13.3. The van der Waals surface area contributed by atoms with Gasteiger partial charge >= 0.3 is 0 Å². The van der Waals surface area contributed by atoms with Gasteiger partial charge in [0.2, 0.25) is 0 Å². The van der Waals surface area contributed by atoms with E-state index in [-0.39, 0.29) is 5.82 Å². The van der Waals surface area contributed by atoms with E-state index in [1.54, 1.807) is 12.1 Å². The third-order valence-electron chi connectivity index (χ3n) is 5.15. The van der Waals surface area contributed by atoms with Crippen LogP contribution in [0.3, 0.4) is 0 Å². The monoisotopic (exact) mass is 287 g/mol. The second-order valence-corrected chi connectivity index (χ2v) is 6.58. The summed E-state index contributed by atoms with van der Waals surface area (Å²) in [5.74, 6) is 1.67. The van der Waals surface area contributed by atoms with Gasteiger partial charge in [0.25, 0.3) is 0 Å². The summed E-state index contributed by atoms with van der Waals surface area (Å²) in [5, 5.41) is 3.69. The number of fused-ring (bicyclic) bond motifs is 3. The molecule has 1 aromatic carbocycles. The first-order valence-corrected chi connectivity index (χ1v) is 8.13. The van der Waals surface area contributed by atoms with Crippen molar-refractivity contribution in [1.29, 1.82) is 0 Å². The molecular formula is C17H22FN3. The van der Waals surface area contributed by atoms with Gasteiger partial charge in [0, 0.05) is 25.0 Å². The van der Waals surface area contributed by atoms with E-state index in [4.69, 9.17) is 4.98 Å². The molecule has 0 saturated carbocycles. The van der Waals surface area contributed by atoms with Crippen molar-refractivity contribution in [3.63, 3.8) is 0 Å². The number of benzene rings is 1. The molecule has 2 aliphatic rings.